The van der Waals surface area contributed by atoms with Gasteiger partial charge in [-0.25, -0.2) is 13.1 Å². The fourth-order valence-electron chi connectivity index (χ4n) is 3.88. The van der Waals surface area contributed by atoms with E-state index >= 15 is 0 Å². The van der Waals surface area contributed by atoms with Crippen LogP contribution in [0.15, 0.2) is 70.4 Å². The average Bonchev–Trinajstić information content (AvgIpc) is 3.34. The molecule has 0 aliphatic carbocycles. The lowest BCUT2D eigenvalue weighted by Crippen LogP contribution is -2.29. The van der Waals surface area contributed by atoms with Crippen molar-refractivity contribution in [1.82, 2.24) is 9.78 Å². The van der Waals surface area contributed by atoms with Crippen LogP contribution in [0.25, 0.3) is 10.9 Å². The van der Waals surface area contributed by atoms with E-state index in [1.54, 1.807) is 30.3 Å². The summed E-state index contributed by atoms with van der Waals surface area (Å²) in [6.45, 7) is 0.317. The minimum atomic E-state index is -3.81. The fourth-order valence-corrected chi connectivity index (χ4v) is 5.75. The summed E-state index contributed by atoms with van der Waals surface area (Å²) in [5.41, 5.74) is 1.64. The molecule has 7 nitrogen and oxygen atoms in total. The summed E-state index contributed by atoms with van der Waals surface area (Å²) >= 11 is 12.0. The van der Waals surface area contributed by atoms with Gasteiger partial charge in [-0.1, -0.05) is 23.2 Å². The van der Waals surface area contributed by atoms with E-state index in [9.17, 15) is 18.0 Å². The number of fused-ring (bicyclic) bond motifs is 2. The van der Waals surface area contributed by atoms with Gasteiger partial charge in [0.05, 0.1) is 21.5 Å². The Hall–Kier alpha value is -3.07. The van der Waals surface area contributed by atoms with Gasteiger partial charge in [-0.15, -0.1) is 0 Å². The Kier molecular flexibility index (Phi) is 4.88. The maximum Gasteiger partial charge on any atom is 0.277 e. The molecule has 0 unspecified atom stereocenters. The van der Waals surface area contributed by atoms with Gasteiger partial charge in [-0.3, -0.25) is 19.0 Å². The van der Waals surface area contributed by atoms with Crippen LogP contribution in [-0.2, 0) is 16.4 Å². The third-order valence-electron chi connectivity index (χ3n) is 5.44. The number of carbonyl (C=O) groups excluding carboxylic acids is 1. The van der Waals surface area contributed by atoms with Crippen LogP contribution in [0.1, 0.15) is 15.9 Å². The van der Waals surface area contributed by atoms with Crippen LogP contribution >= 0.6 is 23.2 Å². The Labute approximate surface area is 192 Å². The lowest BCUT2D eigenvalue weighted by molar-refractivity contribution is 0.0950. The predicted molar refractivity (Wildman–Crippen MR) is 123 cm³/mol. The number of aromatic amines is 1. The van der Waals surface area contributed by atoms with E-state index in [1.165, 1.54) is 34.6 Å². The molecule has 1 N–H and O–H groups in total. The Balaban J connectivity index is 1.48. The van der Waals surface area contributed by atoms with Crippen LogP contribution in [0.2, 0.25) is 10.0 Å². The van der Waals surface area contributed by atoms with Crippen molar-refractivity contribution >= 4 is 55.7 Å². The monoisotopic (exact) mass is 487 g/mol. The van der Waals surface area contributed by atoms with E-state index in [2.05, 4.69) is 5.10 Å². The van der Waals surface area contributed by atoms with Crippen molar-refractivity contribution in [3.8, 4) is 0 Å². The normalized spacial score (nSPS) is 13.5. The first-order chi connectivity index (χ1) is 15.3. The first-order valence-corrected chi connectivity index (χ1v) is 11.8. The molecule has 10 heteroatoms. The first-order valence-electron chi connectivity index (χ1n) is 9.62. The standard InChI is InChI=1S/C22H15Cl2N3O4S/c23-15-3-7-19-14(11-15)9-10-26(19)32(30,31)17-5-1-13(2-6-17)22(29)27-20-8-4-16(24)12-18(20)21(28)25-27/h1-8,11-12H,9-10H2,(H,25,28). The van der Waals surface area contributed by atoms with Crippen molar-refractivity contribution in [3.63, 3.8) is 0 Å². The molecule has 0 spiro atoms. The molecule has 2 heterocycles. The average molecular weight is 488 g/mol. The van der Waals surface area contributed by atoms with Crippen LogP contribution in [0.4, 0.5) is 5.69 Å². The summed E-state index contributed by atoms with van der Waals surface area (Å²) in [5.74, 6) is -0.496. The van der Waals surface area contributed by atoms with Crippen molar-refractivity contribution in [2.75, 3.05) is 10.8 Å². The molecule has 1 aromatic heterocycles. The van der Waals surface area contributed by atoms with Crippen molar-refractivity contribution in [3.05, 3.63) is 92.2 Å². The number of rotatable bonds is 3. The minimum Gasteiger partial charge on any atom is -0.267 e. The van der Waals surface area contributed by atoms with Gasteiger partial charge in [0.1, 0.15) is 0 Å². The Morgan fingerprint density at radius 3 is 2.38 bits per heavy atom. The van der Waals surface area contributed by atoms with Crippen LogP contribution in [0.3, 0.4) is 0 Å². The molecule has 1 aliphatic rings. The van der Waals surface area contributed by atoms with E-state index < -0.39 is 21.5 Å². The highest BCUT2D eigenvalue weighted by Crippen LogP contribution is 2.34. The number of H-pyrrole nitrogens is 1. The summed E-state index contributed by atoms with van der Waals surface area (Å²) in [7, 11) is -3.81. The summed E-state index contributed by atoms with van der Waals surface area (Å²) in [4.78, 5) is 25.2. The van der Waals surface area contributed by atoms with Gasteiger partial charge in [0.15, 0.2) is 0 Å². The molecule has 162 valence electrons. The molecule has 0 saturated heterocycles. The fraction of sp³-hybridized carbons (Fsp3) is 0.0909. The van der Waals surface area contributed by atoms with Crippen LogP contribution in [0.5, 0.6) is 0 Å². The van der Waals surface area contributed by atoms with Gasteiger partial charge < -0.3 is 0 Å². The maximum absolute atomic E-state index is 13.2. The number of nitrogens with zero attached hydrogens (tertiary/aromatic N) is 2. The third-order valence-corrected chi connectivity index (χ3v) is 7.74. The number of halogens is 2. The van der Waals surface area contributed by atoms with Crippen molar-refractivity contribution in [2.24, 2.45) is 0 Å². The number of anilines is 1. The van der Waals surface area contributed by atoms with E-state index in [0.717, 1.165) is 10.2 Å². The molecular weight excluding hydrogens is 473 g/mol. The van der Waals surface area contributed by atoms with Gasteiger partial charge in [0.25, 0.3) is 21.5 Å². The number of sulfonamides is 1. The number of nitrogens with one attached hydrogen (secondary N) is 1. The van der Waals surface area contributed by atoms with Crippen molar-refractivity contribution in [1.29, 1.82) is 0 Å². The summed E-state index contributed by atoms with van der Waals surface area (Å²) in [6, 6.07) is 15.4. The predicted octanol–water partition coefficient (Wildman–Crippen LogP) is 4.08. The summed E-state index contributed by atoms with van der Waals surface area (Å²) in [5, 5.41) is 3.73. The number of hydrogen-bond donors (Lipinski definition) is 1. The molecule has 4 aromatic rings. The minimum absolute atomic E-state index is 0.0643. The molecule has 0 atom stereocenters. The van der Waals surface area contributed by atoms with Gasteiger partial charge in [0.2, 0.25) is 0 Å². The molecule has 32 heavy (non-hydrogen) atoms. The number of aromatic nitrogens is 2. The van der Waals surface area contributed by atoms with E-state index in [1.807, 2.05) is 0 Å². The smallest absolute Gasteiger partial charge is 0.267 e. The number of benzene rings is 3. The molecular formula is C22H15Cl2N3O4S. The number of hydrogen-bond acceptors (Lipinski definition) is 4. The zero-order valence-corrected chi connectivity index (χ0v) is 18.7. The first kappa shape index (κ1) is 20.8. The lowest BCUT2D eigenvalue weighted by atomic mass is 10.2. The van der Waals surface area contributed by atoms with Gasteiger partial charge in [0, 0.05) is 22.2 Å². The second kappa shape index (κ2) is 7.51. The SMILES string of the molecule is O=C(c1ccc(S(=O)(=O)N2CCc3cc(Cl)ccc32)cc1)n1[nH]c(=O)c2cc(Cl)ccc21. The second-order valence-electron chi connectivity index (χ2n) is 7.37. The largest absolute Gasteiger partial charge is 0.277 e. The van der Waals surface area contributed by atoms with Crippen molar-refractivity contribution < 1.29 is 13.2 Å². The third kappa shape index (κ3) is 3.31. The van der Waals surface area contributed by atoms with Crippen LogP contribution in [-0.4, -0.2) is 30.7 Å². The highest BCUT2D eigenvalue weighted by molar-refractivity contribution is 7.92. The molecule has 0 fully saturated rings. The van der Waals surface area contributed by atoms with Gasteiger partial charge in [-0.05, 0) is 72.6 Å². The molecule has 0 saturated carbocycles. The van der Waals surface area contributed by atoms with E-state index in [4.69, 9.17) is 23.2 Å². The molecule has 1 aliphatic heterocycles. The lowest BCUT2D eigenvalue weighted by Gasteiger charge is -2.19. The molecule has 0 radical (unpaired) electrons. The topological polar surface area (TPSA) is 92.2 Å². The zero-order valence-electron chi connectivity index (χ0n) is 16.4. The molecule has 0 amide bonds. The molecule has 0 bridgehead atoms. The molecule has 3 aromatic carbocycles. The van der Waals surface area contributed by atoms with Crippen LogP contribution in [0, 0.1) is 0 Å². The molecule has 5 rings (SSSR count). The van der Waals surface area contributed by atoms with Gasteiger partial charge in [-0.2, -0.15) is 0 Å². The summed E-state index contributed by atoms with van der Waals surface area (Å²) in [6.07, 6.45) is 0.573. The highest BCUT2D eigenvalue weighted by Gasteiger charge is 2.31. The quantitative estimate of drug-likeness (QED) is 0.471. The highest BCUT2D eigenvalue weighted by atomic mass is 35.5. The zero-order chi connectivity index (χ0) is 22.6. The van der Waals surface area contributed by atoms with E-state index in [0.29, 0.717) is 34.2 Å². The Morgan fingerprint density at radius 2 is 1.62 bits per heavy atom. The van der Waals surface area contributed by atoms with E-state index in [-0.39, 0.29) is 15.8 Å². The van der Waals surface area contributed by atoms with Gasteiger partial charge >= 0.3 is 0 Å². The Bertz CT molecular complexity index is 1560. The van der Waals surface area contributed by atoms with Crippen LogP contribution < -0.4 is 9.86 Å². The maximum atomic E-state index is 13.2. The number of carbonyl (C=O) groups is 1. The van der Waals surface area contributed by atoms with Crippen molar-refractivity contribution in [2.45, 2.75) is 11.3 Å². The Morgan fingerprint density at radius 1 is 0.938 bits per heavy atom. The second-order valence-corrected chi connectivity index (χ2v) is 10.1. The summed E-state index contributed by atoms with van der Waals surface area (Å²) < 4.78 is 28.8.